The number of methoxy groups -OCH3 is 1. The number of halogens is 1. The summed E-state index contributed by atoms with van der Waals surface area (Å²) >= 11 is 5.92. The van der Waals surface area contributed by atoms with Crippen LogP contribution in [0.3, 0.4) is 0 Å². The van der Waals surface area contributed by atoms with Crippen LogP contribution < -0.4 is 14.8 Å². The quantitative estimate of drug-likeness (QED) is 0.859. The molecule has 0 aliphatic carbocycles. The van der Waals surface area contributed by atoms with Crippen LogP contribution in [0.25, 0.3) is 0 Å². The zero-order chi connectivity index (χ0) is 17.8. The van der Waals surface area contributed by atoms with Crippen LogP contribution >= 0.6 is 11.6 Å². The van der Waals surface area contributed by atoms with Crippen LogP contribution in [0.1, 0.15) is 17.2 Å². The molecule has 1 aliphatic heterocycles. The first-order valence-electron chi connectivity index (χ1n) is 8.08. The largest absolute Gasteiger partial charge is 0.497 e. The SMILES string of the molecule is COc1ccc2c(c1)CC(C(=O)NCC(O)c1cccc(Cl)c1)CO2. The number of ether oxygens (including phenoxy) is 2. The second-order valence-corrected chi connectivity index (χ2v) is 6.44. The first-order chi connectivity index (χ1) is 12.1. The maximum atomic E-state index is 12.4. The molecule has 2 N–H and O–H groups in total. The summed E-state index contributed by atoms with van der Waals surface area (Å²) in [5.74, 6) is 1.07. The number of nitrogens with one attached hydrogen (secondary N) is 1. The minimum Gasteiger partial charge on any atom is -0.497 e. The zero-order valence-corrected chi connectivity index (χ0v) is 14.6. The molecule has 1 amide bonds. The van der Waals surface area contributed by atoms with E-state index in [4.69, 9.17) is 21.1 Å². The van der Waals surface area contributed by atoms with E-state index in [2.05, 4.69) is 5.32 Å². The van der Waals surface area contributed by atoms with Gasteiger partial charge in [0, 0.05) is 11.6 Å². The Hall–Kier alpha value is -2.24. The number of amides is 1. The number of aliphatic hydroxyl groups excluding tert-OH is 1. The van der Waals surface area contributed by atoms with Gasteiger partial charge in [0.25, 0.3) is 0 Å². The highest BCUT2D eigenvalue weighted by Crippen LogP contribution is 2.30. The van der Waals surface area contributed by atoms with Gasteiger partial charge in [0.15, 0.2) is 0 Å². The van der Waals surface area contributed by atoms with Crippen molar-refractivity contribution in [3.63, 3.8) is 0 Å². The molecule has 6 heteroatoms. The molecule has 2 aromatic carbocycles. The van der Waals surface area contributed by atoms with Crippen LogP contribution in [0.2, 0.25) is 5.02 Å². The van der Waals surface area contributed by atoms with Gasteiger partial charge in [-0.15, -0.1) is 0 Å². The van der Waals surface area contributed by atoms with E-state index in [1.54, 1.807) is 31.4 Å². The van der Waals surface area contributed by atoms with Crippen molar-refractivity contribution in [1.29, 1.82) is 0 Å². The standard InChI is InChI=1S/C19H20ClNO4/c1-24-16-5-6-18-13(9-16)7-14(11-25-18)19(23)21-10-17(22)12-3-2-4-15(20)8-12/h2-6,8-9,14,17,22H,7,10-11H2,1H3,(H,21,23). The predicted octanol–water partition coefficient (Wildman–Crippen LogP) is 2.75. The van der Waals surface area contributed by atoms with Crippen LogP contribution in [0.15, 0.2) is 42.5 Å². The monoisotopic (exact) mass is 361 g/mol. The van der Waals surface area contributed by atoms with Crippen molar-refractivity contribution in [3.05, 3.63) is 58.6 Å². The summed E-state index contributed by atoms with van der Waals surface area (Å²) in [5, 5.41) is 13.5. The van der Waals surface area contributed by atoms with E-state index in [1.807, 2.05) is 18.2 Å². The molecule has 0 bridgehead atoms. The van der Waals surface area contributed by atoms with Gasteiger partial charge in [-0.25, -0.2) is 0 Å². The number of rotatable bonds is 5. The molecule has 132 valence electrons. The van der Waals surface area contributed by atoms with Crippen molar-refractivity contribution in [2.24, 2.45) is 5.92 Å². The number of hydrogen-bond donors (Lipinski definition) is 2. The Balaban J connectivity index is 1.58. The summed E-state index contributed by atoms with van der Waals surface area (Å²) in [6.45, 7) is 0.444. The molecule has 2 unspecified atom stereocenters. The molecule has 0 fully saturated rings. The highest BCUT2D eigenvalue weighted by molar-refractivity contribution is 6.30. The molecule has 5 nitrogen and oxygen atoms in total. The fourth-order valence-electron chi connectivity index (χ4n) is 2.84. The second-order valence-electron chi connectivity index (χ2n) is 6.00. The normalized spacial score (nSPS) is 17.2. The van der Waals surface area contributed by atoms with Crippen LogP contribution in [0.4, 0.5) is 0 Å². The maximum Gasteiger partial charge on any atom is 0.226 e. The summed E-state index contributed by atoms with van der Waals surface area (Å²) in [5.41, 5.74) is 1.61. The molecule has 1 aliphatic rings. The van der Waals surface area contributed by atoms with E-state index in [0.717, 1.165) is 17.1 Å². The van der Waals surface area contributed by atoms with Crippen molar-refractivity contribution >= 4 is 17.5 Å². The average Bonchev–Trinajstić information content (AvgIpc) is 2.64. The van der Waals surface area contributed by atoms with Gasteiger partial charge in [-0.3, -0.25) is 4.79 Å². The Morgan fingerprint density at radius 2 is 2.24 bits per heavy atom. The lowest BCUT2D eigenvalue weighted by Crippen LogP contribution is -2.39. The van der Waals surface area contributed by atoms with Gasteiger partial charge in [0.2, 0.25) is 5.91 Å². The topological polar surface area (TPSA) is 67.8 Å². The highest BCUT2D eigenvalue weighted by Gasteiger charge is 2.26. The first-order valence-corrected chi connectivity index (χ1v) is 8.45. The van der Waals surface area contributed by atoms with Crippen molar-refractivity contribution < 1.29 is 19.4 Å². The lowest BCUT2D eigenvalue weighted by atomic mass is 9.95. The van der Waals surface area contributed by atoms with E-state index < -0.39 is 6.10 Å². The van der Waals surface area contributed by atoms with Gasteiger partial charge in [0.05, 0.1) is 19.1 Å². The molecule has 25 heavy (non-hydrogen) atoms. The summed E-state index contributed by atoms with van der Waals surface area (Å²) in [4.78, 5) is 12.4. The Morgan fingerprint density at radius 1 is 1.40 bits per heavy atom. The Labute approximate surface area is 151 Å². The third-order valence-corrected chi connectivity index (χ3v) is 4.48. The van der Waals surface area contributed by atoms with Gasteiger partial charge in [-0.2, -0.15) is 0 Å². The molecule has 2 atom stereocenters. The number of carbonyl (C=O) groups excluding carboxylic acids is 1. The van der Waals surface area contributed by atoms with Crippen molar-refractivity contribution in [3.8, 4) is 11.5 Å². The molecule has 0 spiro atoms. The van der Waals surface area contributed by atoms with Crippen molar-refractivity contribution in [2.75, 3.05) is 20.3 Å². The minimum atomic E-state index is -0.806. The molecular weight excluding hydrogens is 342 g/mol. The third-order valence-electron chi connectivity index (χ3n) is 4.25. The number of carbonyl (C=O) groups is 1. The van der Waals surface area contributed by atoms with Gasteiger partial charge < -0.3 is 19.9 Å². The summed E-state index contributed by atoms with van der Waals surface area (Å²) in [6.07, 6.45) is -0.231. The molecule has 3 rings (SSSR count). The van der Waals surface area contributed by atoms with E-state index in [0.29, 0.717) is 23.6 Å². The summed E-state index contributed by atoms with van der Waals surface area (Å²) < 4.78 is 10.9. The zero-order valence-electron chi connectivity index (χ0n) is 13.9. The molecular formula is C19H20ClNO4. The molecule has 0 aromatic heterocycles. The highest BCUT2D eigenvalue weighted by atomic mass is 35.5. The Bertz CT molecular complexity index is 765. The van der Waals surface area contributed by atoms with E-state index in [9.17, 15) is 9.90 Å². The molecule has 0 saturated heterocycles. The minimum absolute atomic E-state index is 0.126. The maximum absolute atomic E-state index is 12.4. The second kappa shape index (κ2) is 7.76. The number of hydrogen-bond acceptors (Lipinski definition) is 4. The lowest BCUT2D eigenvalue weighted by Gasteiger charge is -2.25. The number of benzene rings is 2. The summed E-state index contributed by atoms with van der Waals surface area (Å²) in [7, 11) is 1.60. The van der Waals surface area contributed by atoms with Gasteiger partial charge in [-0.05, 0) is 47.9 Å². The van der Waals surface area contributed by atoms with Gasteiger partial charge in [-0.1, -0.05) is 23.7 Å². The van der Waals surface area contributed by atoms with Crippen LogP contribution in [0.5, 0.6) is 11.5 Å². The van der Waals surface area contributed by atoms with Crippen molar-refractivity contribution in [2.45, 2.75) is 12.5 Å². The van der Waals surface area contributed by atoms with Gasteiger partial charge in [0.1, 0.15) is 18.1 Å². The van der Waals surface area contributed by atoms with E-state index in [1.165, 1.54) is 0 Å². The Kier molecular flexibility index (Phi) is 5.46. The predicted molar refractivity (Wildman–Crippen MR) is 95.1 cm³/mol. The smallest absolute Gasteiger partial charge is 0.226 e. The van der Waals surface area contributed by atoms with Crippen LogP contribution in [-0.4, -0.2) is 31.3 Å². The molecule has 0 saturated carbocycles. The van der Waals surface area contributed by atoms with Crippen molar-refractivity contribution in [1.82, 2.24) is 5.32 Å². The number of fused-ring (bicyclic) bond motifs is 1. The number of aliphatic hydroxyl groups is 1. The fourth-order valence-corrected chi connectivity index (χ4v) is 3.04. The summed E-state index contributed by atoms with van der Waals surface area (Å²) in [6, 6.07) is 12.5. The fraction of sp³-hybridized carbons (Fsp3) is 0.316. The Morgan fingerprint density at radius 3 is 3.00 bits per heavy atom. The molecule has 0 radical (unpaired) electrons. The molecule has 1 heterocycles. The average molecular weight is 362 g/mol. The first kappa shape index (κ1) is 17.6. The van der Waals surface area contributed by atoms with E-state index in [-0.39, 0.29) is 18.4 Å². The lowest BCUT2D eigenvalue weighted by molar-refractivity contribution is -0.126. The molecule has 2 aromatic rings. The van der Waals surface area contributed by atoms with Crippen LogP contribution in [0, 0.1) is 5.92 Å². The van der Waals surface area contributed by atoms with Crippen LogP contribution in [-0.2, 0) is 11.2 Å². The third kappa shape index (κ3) is 4.24. The van der Waals surface area contributed by atoms with E-state index >= 15 is 0 Å². The van der Waals surface area contributed by atoms with Gasteiger partial charge >= 0.3 is 0 Å².